The molecule has 0 fully saturated rings. The molecule has 1 heterocycles. The first-order valence-corrected chi connectivity index (χ1v) is 6.38. The molecule has 0 unspecified atom stereocenters. The largest absolute Gasteiger partial charge is 0.489 e. The van der Waals surface area contributed by atoms with Crippen molar-refractivity contribution >= 4 is 16.9 Å². The minimum Gasteiger partial charge on any atom is -0.489 e. The predicted molar refractivity (Wildman–Crippen MR) is 76.5 cm³/mol. The van der Waals surface area contributed by atoms with Crippen LogP contribution in [0.25, 0.3) is 10.9 Å². The molecule has 2 aromatic rings. The smallest absolute Gasteiger partial charge is 0.335 e. The summed E-state index contributed by atoms with van der Waals surface area (Å²) in [6.45, 7) is 3.47. The number of carbonyl (C=O) groups is 1. The van der Waals surface area contributed by atoms with Crippen LogP contribution >= 0.6 is 0 Å². The Labute approximate surface area is 120 Å². The Bertz CT molecular complexity index is 800. The van der Waals surface area contributed by atoms with Crippen LogP contribution < -0.4 is 10.3 Å². The van der Waals surface area contributed by atoms with E-state index in [0.717, 1.165) is 0 Å². The number of hydrogen-bond acceptors (Lipinski definition) is 4. The molecule has 1 aromatic heterocycles. The van der Waals surface area contributed by atoms with Gasteiger partial charge in [-0.15, -0.1) is 0 Å². The molecule has 2 rings (SSSR count). The monoisotopic (exact) mass is 286 g/mol. The molecule has 1 aromatic carbocycles. The van der Waals surface area contributed by atoms with Gasteiger partial charge in [-0.25, -0.2) is 4.79 Å². The highest BCUT2D eigenvalue weighted by Gasteiger charge is 2.15. The Morgan fingerprint density at radius 3 is 2.71 bits per heavy atom. The molecule has 0 aliphatic heterocycles. The first-order valence-electron chi connectivity index (χ1n) is 6.38. The highest BCUT2D eigenvalue weighted by atomic mass is 16.5. The number of carboxylic acid groups (broad SMARTS) is 1. The van der Waals surface area contributed by atoms with Gasteiger partial charge in [-0.1, -0.05) is 0 Å². The van der Waals surface area contributed by atoms with Crippen LogP contribution in [-0.2, 0) is 6.54 Å². The summed E-state index contributed by atoms with van der Waals surface area (Å²) in [6.07, 6.45) is -0.192. The Hall–Kier alpha value is -2.81. The molecule has 0 atom stereocenters. The minimum atomic E-state index is -1.08. The SMILES string of the molecule is CC(C)Oc1cc(C(=O)O)cc2ccc(=O)n(CC#N)c12. The van der Waals surface area contributed by atoms with Gasteiger partial charge in [0.2, 0.25) is 0 Å². The van der Waals surface area contributed by atoms with Gasteiger partial charge in [0.1, 0.15) is 12.3 Å². The fourth-order valence-corrected chi connectivity index (χ4v) is 2.10. The second kappa shape index (κ2) is 5.67. The first-order chi connectivity index (χ1) is 9.93. The Morgan fingerprint density at radius 1 is 1.43 bits per heavy atom. The van der Waals surface area contributed by atoms with Crippen LogP contribution in [0.5, 0.6) is 5.75 Å². The number of pyridine rings is 1. The van der Waals surface area contributed by atoms with Crippen LogP contribution in [0.4, 0.5) is 0 Å². The maximum atomic E-state index is 11.9. The van der Waals surface area contributed by atoms with Crippen molar-refractivity contribution in [1.82, 2.24) is 4.57 Å². The normalized spacial score (nSPS) is 10.6. The molecule has 0 amide bonds. The number of carboxylic acids is 1. The third-order valence-electron chi connectivity index (χ3n) is 2.88. The summed E-state index contributed by atoms with van der Waals surface area (Å²) in [4.78, 5) is 23.1. The Balaban J connectivity index is 2.85. The van der Waals surface area contributed by atoms with E-state index in [-0.39, 0.29) is 29.5 Å². The third-order valence-corrected chi connectivity index (χ3v) is 2.88. The van der Waals surface area contributed by atoms with Crippen LogP contribution in [0.15, 0.2) is 29.1 Å². The van der Waals surface area contributed by atoms with E-state index in [2.05, 4.69) is 0 Å². The van der Waals surface area contributed by atoms with Crippen molar-refractivity contribution in [2.45, 2.75) is 26.5 Å². The average Bonchev–Trinajstić information content (AvgIpc) is 2.41. The number of hydrogen-bond donors (Lipinski definition) is 1. The van der Waals surface area contributed by atoms with E-state index in [1.807, 2.05) is 6.07 Å². The lowest BCUT2D eigenvalue weighted by molar-refractivity contribution is 0.0696. The van der Waals surface area contributed by atoms with Gasteiger partial charge < -0.3 is 9.84 Å². The van der Waals surface area contributed by atoms with Crippen molar-refractivity contribution in [2.24, 2.45) is 0 Å². The summed E-state index contributed by atoms with van der Waals surface area (Å²) in [7, 11) is 0. The zero-order chi connectivity index (χ0) is 15.6. The van der Waals surface area contributed by atoms with Gasteiger partial charge in [-0.3, -0.25) is 9.36 Å². The molecule has 0 saturated heterocycles. The number of aromatic nitrogens is 1. The van der Waals surface area contributed by atoms with E-state index in [1.54, 1.807) is 13.8 Å². The molecule has 0 radical (unpaired) electrons. The van der Waals surface area contributed by atoms with Gasteiger partial charge >= 0.3 is 5.97 Å². The highest BCUT2D eigenvalue weighted by Crippen LogP contribution is 2.27. The van der Waals surface area contributed by atoms with E-state index in [9.17, 15) is 9.59 Å². The summed E-state index contributed by atoms with van der Waals surface area (Å²) >= 11 is 0. The second-order valence-electron chi connectivity index (χ2n) is 4.80. The van der Waals surface area contributed by atoms with Gasteiger partial charge in [0.05, 0.1) is 23.3 Å². The third kappa shape index (κ3) is 2.87. The van der Waals surface area contributed by atoms with Crippen molar-refractivity contribution in [1.29, 1.82) is 5.26 Å². The maximum Gasteiger partial charge on any atom is 0.335 e. The number of nitriles is 1. The number of nitrogens with zero attached hydrogens (tertiary/aromatic N) is 2. The molecule has 0 saturated carbocycles. The fraction of sp³-hybridized carbons (Fsp3) is 0.267. The lowest BCUT2D eigenvalue weighted by atomic mass is 10.1. The van der Waals surface area contributed by atoms with Gasteiger partial charge in [0, 0.05) is 11.5 Å². The minimum absolute atomic E-state index is 0.0697. The number of ether oxygens (including phenoxy) is 1. The number of aromatic carboxylic acids is 1. The van der Waals surface area contributed by atoms with E-state index in [1.165, 1.54) is 28.8 Å². The second-order valence-corrected chi connectivity index (χ2v) is 4.80. The fourth-order valence-electron chi connectivity index (χ4n) is 2.10. The molecule has 0 spiro atoms. The van der Waals surface area contributed by atoms with Crippen molar-refractivity contribution in [3.05, 3.63) is 40.2 Å². The van der Waals surface area contributed by atoms with Crippen LogP contribution in [-0.4, -0.2) is 21.7 Å². The molecular formula is C15H14N2O4. The van der Waals surface area contributed by atoms with Gasteiger partial charge in [0.25, 0.3) is 5.56 Å². The Morgan fingerprint density at radius 2 is 2.14 bits per heavy atom. The van der Waals surface area contributed by atoms with Crippen LogP contribution in [0, 0.1) is 11.3 Å². The standard InChI is InChI=1S/C15H14N2O4/c1-9(2)21-12-8-11(15(19)20)7-10-3-4-13(18)17(6-5-16)14(10)12/h3-4,7-9H,6H2,1-2H3,(H,19,20). The number of rotatable bonds is 4. The van der Waals surface area contributed by atoms with Crippen molar-refractivity contribution in [2.75, 3.05) is 0 Å². The summed E-state index contributed by atoms with van der Waals surface area (Å²) in [5.41, 5.74) is 0.170. The Kier molecular flexibility index (Phi) is 3.94. The lowest BCUT2D eigenvalue weighted by Crippen LogP contribution is -2.20. The maximum absolute atomic E-state index is 11.9. The van der Waals surface area contributed by atoms with Crippen LogP contribution in [0.1, 0.15) is 24.2 Å². The molecular weight excluding hydrogens is 272 g/mol. The molecule has 0 aliphatic carbocycles. The molecule has 0 aliphatic rings. The molecule has 0 bridgehead atoms. The van der Waals surface area contributed by atoms with Crippen LogP contribution in [0.2, 0.25) is 0 Å². The summed E-state index contributed by atoms with van der Waals surface area (Å²) in [5.74, 6) is -0.795. The topological polar surface area (TPSA) is 92.3 Å². The van der Waals surface area contributed by atoms with Gasteiger partial charge in [-0.2, -0.15) is 5.26 Å². The van der Waals surface area contributed by atoms with Gasteiger partial charge in [0.15, 0.2) is 0 Å². The lowest BCUT2D eigenvalue weighted by Gasteiger charge is -2.16. The average molecular weight is 286 g/mol. The van der Waals surface area contributed by atoms with E-state index in [0.29, 0.717) is 10.9 Å². The number of fused-ring (bicyclic) bond motifs is 1. The molecule has 108 valence electrons. The summed E-state index contributed by atoms with van der Waals surface area (Å²) in [5, 5.41) is 18.6. The first kappa shape index (κ1) is 14.6. The zero-order valence-corrected chi connectivity index (χ0v) is 11.7. The quantitative estimate of drug-likeness (QED) is 0.928. The molecule has 6 heteroatoms. The molecule has 6 nitrogen and oxygen atoms in total. The van der Waals surface area contributed by atoms with Crippen molar-refractivity contribution < 1.29 is 14.6 Å². The summed E-state index contributed by atoms with van der Waals surface area (Å²) in [6, 6.07) is 7.60. The van der Waals surface area contributed by atoms with Gasteiger partial charge in [-0.05, 0) is 32.0 Å². The molecule has 1 N–H and O–H groups in total. The zero-order valence-electron chi connectivity index (χ0n) is 11.7. The predicted octanol–water partition coefficient (Wildman–Crippen LogP) is 2.01. The van der Waals surface area contributed by atoms with E-state index < -0.39 is 5.97 Å². The van der Waals surface area contributed by atoms with Crippen molar-refractivity contribution in [3.63, 3.8) is 0 Å². The highest BCUT2D eigenvalue weighted by molar-refractivity contribution is 5.96. The van der Waals surface area contributed by atoms with Crippen LogP contribution in [0.3, 0.4) is 0 Å². The van der Waals surface area contributed by atoms with Crippen molar-refractivity contribution in [3.8, 4) is 11.8 Å². The summed E-state index contributed by atoms with van der Waals surface area (Å²) < 4.78 is 6.90. The van der Waals surface area contributed by atoms with E-state index in [4.69, 9.17) is 15.1 Å². The number of benzene rings is 1. The van der Waals surface area contributed by atoms with E-state index >= 15 is 0 Å². The molecule has 21 heavy (non-hydrogen) atoms.